The molecule has 9 nitrogen and oxygen atoms in total. The summed E-state index contributed by atoms with van der Waals surface area (Å²) in [5.41, 5.74) is 4.17. The van der Waals surface area contributed by atoms with Gasteiger partial charge in [-0.05, 0) is 61.7 Å². The molecule has 1 saturated heterocycles. The van der Waals surface area contributed by atoms with Crippen molar-refractivity contribution >= 4 is 40.4 Å². The van der Waals surface area contributed by atoms with Gasteiger partial charge in [0.05, 0.1) is 40.9 Å². The van der Waals surface area contributed by atoms with Gasteiger partial charge in [0.15, 0.2) is 0 Å². The third-order valence-corrected chi connectivity index (χ3v) is 6.63. The summed E-state index contributed by atoms with van der Waals surface area (Å²) in [5.74, 6) is -2.76. The van der Waals surface area contributed by atoms with Crippen LogP contribution in [-0.2, 0) is 9.59 Å². The number of amides is 1. The minimum absolute atomic E-state index is 0.0481. The number of Topliss-reactive ketones (excluding diaryl/α,β-unsaturated/α-hetero) is 1. The first-order valence-electron chi connectivity index (χ1n) is 11.9. The molecule has 9 heteroatoms. The molecule has 38 heavy (non-hydrogen) atoms. The molecular weight excluding hydrogens is 486 g/mol. The van der Waals surface area contributed by atoms with Gasteiger partial charge in [-0.25, -0.2) is 9.78 Å². The van der Waals surface area contributed by atoms with E-state index in [1.54, 1.807) is 18.2 Å². The predicted octanol–water partition coefficient (Wildman–Crippen LogP) is 4.82. The SMILES string of the molecule is COc1c(C)cc(C)cc1/C(O)=C1\C(=O)C(=O)N(c2nc3ccc(C(=O)O)cc3[nH]2)C1c1cccc(C)c1. The molecule has 0 radical (unpaired) electrons. The number of fused-ring (bicyclic) bond motifs is 1. The van der Waals surface area contributed by atoms with Crippen LogP contribution in [0, 0.1) is 20.8 Å². The summed E-state index contributed by atoms with van der Waals surface area (Å²) in [7, 11) is 1.48. The fourth-order valence-corrected chi connectivity index (χ4v) is 5.00. The molecule has 1 amide bonds. The average Bonchev–Trinajstić information content (AvgIpc) is 3.40. The lowest BCUT2D eigenvalue weighted by molar-refractivity contribution is -0.132. The van der Waals surface area contributed by atoms with Crippen LogP contribution in [0.25, 0.3) is 16.8 Å². The molecule has 1 aromatic heterocycles. The molecule has 2 heterocycles. The molecule has 3 N–H and O–H groups in total. The van der Waals surface area contributed by atoms with Gasteiger partial charge in [-0.2, -0.15) is 0 Å². The zero-order chi connectivity index (χ0) is 27.3. The first kappa shape index (κ1) is 24.8. The second-order valence-corrected chi connectivity index (χ2v) is 9.34. The number of benzene rings is 3. The molecule has 4 aromatic rings. The van der Waals surface area contributed by atoms with E-state index in [-0.39, 0.29) is 22.8 Å². The van der Waals surface area contributed by atoms with Gasteiger partial charge in [0.2, 0.25) is 5.95 Å². The molecular formula is C29H25N3O6. The number of nitrogens with one attached hydrogen (secondary N) is 1. The van der Waals surface area contributed by atoms with Crippen LogP contribution in [0.5, 0.6) is 5.75 Å². The Balaban J connectivity index is 1.77. The molecule has 1 aliphatic rings. The Hall–Kier alpha value is -4.92. The number of ether oxygens (including phenoxy) is 1. The van der Waals surface area contributed by atoms with Crippen molar-refractivity contribution < 1.29 is 29.3 Å². The van der Waals surface area contributed by atoms with Crippen LogP contribution in [0.4, 0.5) is 5.95 Å². The molecule has 3 aromatic carbocycles. The number of hydrogen-bond donors (Lipinski definition) is 3. The van der Waals surface area contributed by atoms with Gasteiger partial charge in [0.25, 0.3) is 5.78 Å². The normalized spacial score (nSPS) is 16.8. The third-order valence-electron chi connectivity index (χ3n) is 6.63. The Morgan fingerprint density at radius 2 is 1.76 bits per heavy atom. The molecule has 0 spiro atoms. The quantitative estimate of drug-likeness (QED) is 0.199. The number of imidazole rings is 1. The van der Waals surface area contributed by atoms with E-state index < -0.39 is 23.7 Å². The topological polar surface area (TPSA) is 133 Å². The van der Waals surface area contributed by atoms with Crippen molar-refractivity contribution in [2.75, 3.05) is 12.0 Å². The number of carboxylic acid groups (broad SMARTS) is 1. The van der Waals surface area contributed by atoms with Gasteiger partial charge >= 0.3 is 11.9 Å². The number of ketones is 1. The second kappa shape index (κ2) is 9.19. The van der Waals surface area contributed by atoms with Crippen molar-refractivity contribution in [3.8, 4) is 5.75 Å². The number of carbonyl (C=O) groups excluding carboxylic acids is 2. The van der Waals surface area contributed by atoms with Gasteiger partial charge < -0.3 is 19.9 Å². The van der Waals surface area contributed by atoms with E-state index in [1.165, 1.54) is 30.2 Å². The summed E-state index contributed by atoms with van der Waals surface area (Å²) in [5, 5.41) is 20.9. The number of aromatic nitrogens is 2. The maximum absolute atomic E-state index is 13.5. The van der Waals surface area contributed by atoms with Gasteiger partial charge in [-0.1, -0.05) is 35.9 Å². The summed E-state index contributed by atoms with van der Waals surface area (Å²) in [6.07, 6.45) is 0. The van der Waals surface area contributed by atoms with Crippen LogP contribution in [0.1, 0.15) is 44.2 Å². The lowest BCUT2D eigenvalue weighted by Crippen LogP contribution is -2.30. The first-order chi connectivity index (χ1) is 18.1. The van der Waals surface area contributed by atoms with E-state index in [0.29, 0.717) is 27.9 Å². The van der Waals surface area contributed by atoms with Crippen LogP contribution in [0.2, 0.25) is 0 Å². The maximum Gasteiger partial charge on any atom is 0.335 e. The van der Waals surface area contributed by atoms with Crippen molar-refractivity contribution in [1.29, 1.82) is 0 Å². The Bertz CT molecular complexity index is 1680. The number of carbonyl (C=O) groups is 3. The van der Waals surface area contributed by atoms with E-state index in [4.69, 9.17) is 4.74 Å². The number of aliphatic hydroxyl groups is 1. The number of aromatic amines is 1. The third kappa shape index (κ3) is 3.98. The number of methoxy groups -OCH3 is 1. The highest BCUT2D eigenvalue weighted by atomic mass is 16.5. The average molecular weight is 512 g/mol. The Morgan fingerprint density at radius 1 is 1.00 bits per heavy atom. The highest BCUT2D eigenvalue weighted by molar-refractivity contribution is 6.51. The second-order valence-electron chi connectivity index (χ2n) is 9.34. The summed E-state index contributed by atoms with van der Waals surface area (Å²) in [6.45, 7) is 5.58. The van der Waals surface area contributed by atoms with Crippen molar-refractivity contribution in [3.63, 3.8) is 0 Å². The smallest absolute Gasteiger partial charge is 0.335 e. The molecule has 1 atom stereocenters. The van der Waals surface area contributed by atoms with Crippen LogP contribution < -0.4 is 9.64 Å². The van der Waals surface area contributed by atoms with E-state index in [0.717, 1.165) is 16.7 Å². The molecule has 0 aliphatic carbocycles. The molecule has 5 rings (SSSR count). The first-order valence-corrected chi connectivity index (χ1v) is 11.9. The van der Waals surface area contributed by atoms with Crippen molar-refractivity contribution in [2.45, 2.75) is 26.8 Å². The molecule has 192 valence electrons. The summed E-state index contributed by atoms with van der Waals surface area (Å²) in [4.78, 5) is 47.2. The minimum Gasteiger partial charge on any atom is -0.507 e. The zero-order valence-electron chi connectivity index (χ0n) is 21.2. The van der Waals surface area contributed by atoms with Crippen LogP contribution in [0.3, 0.4) is 0 Å². The Kier molecular flexibility index (Phi) is 5.99. The number of aromatic carboxylic acids is 1. The molecule has 0 bridgehead atoms. The predicted molar refractivity (Wildman–Crippen MR) is 141 cm³/mol. The maximum atomic E-state index is 13.5. The summed E-state index contributed by atoms with van der Waals surface area (Å²) >= 11 is 0. The van der Waals surface area contributed by atoms with Crippen LogP contribution in [0.15, 0.2) is 60.2 Å². The number of rotatable bonds is 5. The van der Waals surface area contributed by atoms with Gasteiger partial charge in [0, 0.05) is 0 Å². The molecule has 1 unspecified atom stereocenters. The molecule has 0 saturated carbocycles. The van der Waals surface area contributed by atoms with Crippen LogP contribution in [-0.4, -0.2) is 45.0 Å². The van der Waals surface area contributed by atoms with E-state index >= 15 is 0 Å². The van der Waals surface area contributed by atoms with Gasteiger partial charge in [0.1, 0.15) is 11.5 Å². The summed E-state index contributed by atoms with van der Waals surface area (Å²) in [6, 6.07) is 14.2. The fourth-order valence-electron chi connectivity index (χ4n) is 5.00. The number of anilines is 1. The van der Waals surface area contributed by atoms with E-state index in [9.17, 15) is 24.6 Å². The van der Waals surface area contributed by atoms with Crippen molar-refractivity contribution in [1.82, 2.24) is 9.97 Å². The number of aliphatic hydroxyl groups excluding tert-OH is 1. The number of hydrogen-bond acceptors (Lipinski definition) is 6. The standard InChI is InChI=1S/C29H25N3O6/c1-14-6-5-7-17(11-14)23-22(24(33)19-12-15(2)10-16(3)26(19)38-4)25(34)27(35)32(23)29-30-20-9-8-18(28(36)37)13-21(20)31-29/h5-13,23,33H,1-4H3,(H,30,31)(H,36,37)/b24-22+. The van der Waals surface area contributed by atoms with Crippen LogP contribution >= 0.6 is 0 Å². The largest absolute Gasteiger partial charge is 0.507 e. The highest BCUT2D eigenvalue weighted by Crippen LogP contribution is 2.43. The van der Waals surface area contributed by atoms with Gasteiger partial charge in [-0.3, -0.25) is 14.5 Å². The van der Waals surface area contributed by atoms with Crippen molar-refractivity contribution in [2.24, 2.45) is 0 Å². The monoisotopic (exact) mass is 511 g/mol. The minimum atomic E-state index is -1.11. The highest BCUT2D eigenvalue weighted by Gasteiger charge is 2.48. The summed E-state index contributed by atoms with van der Waals surface area (Å²) < 4.78 is 5.55. The number of carboxylic acids is 1. The fraction of sp³-hybridized carbons (Fsp3) is 0.172. The van der Waals surface area contributed by atoms with Gasteiger partial charge in [-0.15, -0.1) is 0 Å². The van der Waals surface area contributed by atoms with E-state index in [2.05, 4.69) is 9.97 Å². The lowest BCUT2D eigenvalue weighted by atomic mass is 9.93. The number of nitrogens with zero attached hydrogens (tertiary/aromatic N) is 2. The molecule has 1 fully saturated rings. The Morgan fingerprint density at radius 3 is 2.45 bits per heavy atom. The number of H-pyrrole nitrogens is 1. The Labute approximate surface area is 218 Å². The zero-order valence-corrected chi connectivity index (χ0v) is 21.2. The molecule has 1 aliphatic heterocycles. The van der Waals surface area contributed by atoms with E-state index in [1.807, 2.05) is 39.0 Å². The number of aryl methyl sites for hydroxylation is 3. The lowest BCUT2D eigenvalue weighted by Gasteiger charge is -2.23. The van der Waals surface area contributed by atoms with Crippen molar-refractivity contribution in [3.05, 3.63) is 93.6 Å².